The van der Waals surface area contributed by atoms with Crippen LogP contribution in [0.15, 0.2) is 24.3 Å². The van der Waals surface area contributed by atoms with E-state index in [-0.39, 0.29) is 0 Å². The average molecular weight is 210 g/mol. The normalized spacial score (nSPS) is 18.6. The largest absolute Gasteiger partial charge is 0.300 e. The fraction of sp³-hybridized carbons (Fsp3) is 0.500. The summed E-state index contributed by atoms with van der Waals surface area (Å²) < 4.78 is 0. The van der Waals surface area contributed by atoms with Gasteiger partial charge in [-0.15, -0.1) is 0 Å². The maximum Gasteiger partial charge on any atom is 0.0406 e. The van der Waals surface area contributed by atoms with Gasteiger partial charge in [0.05, 0.1) is 0 Å². The average Bonchev–Trinajstić information content (AvgIpc) is 2.05. The first-order valence-electron chi connectivity index (χ1n) is 5.16. The Bertz CT molecular complexity index is 299. The summed E-state index contributed by atoms with van der Waals surface area (Å²) >= 11 is 5.85. The summed E-state index contributed by atoms with van der Waals surface area (Å²) in [6.07, 6.45) is 0. The van der Waals surface area contributed by atoms with E-state index in [2.05, 4.69) is 30.9 Å². The molecular weight excluding hydrogens is 194 g/mol. The Labute approximate surface area is 90.7 Å². The molecule has 2 rings (SSSR count). The lowest BCUT2D eigenvalue weighted by Crippen LogP contribution is -2.48. The molecule has 0 saturated carbocycles. The number of hydrogen-bond acceptors (Lipinski definition) is 1. The molecule has 0 aliphatic carbocycles. The lowest BCUT2D eigenvalue weighted by Gasteiger charge is -2.42. The predicted molar refractivity (Wildman–Crippen MR) is 60.9 cm³/mol. The van der Waals surface area contributed by atoms with E-state index in [0.717, 1.165) is 10.9 Å². The van der Waals surface area contributed by atoms with Gasteiger partial charge >= 0.3 is 0 Å². The van der Waals surface area contributed by atoms with E-state index in [0.29, 0.717) is 6.04 Å². The van der Waals surface area contributed by atoms with Crippen LogP contribution in [0.2, 0.25) is 5.02 Å². The number of likely N-dealkylation sites (tertiary alicyclic amines) is 1. The minimum Gasteiger partial charge on any atom is -0.300 e. The van der Waals surface area contributed by atoms with E-state index in [4.69, 9.17) is 11.6 Å². The SMILES string of the molecule is CC(C)N1CC(c2ccc(Cl)cc2)C1. The van der Waals surface area contributed by atoms with Crippen molar-refractivity contribution < 1.29 is 0 Å². The molecule has 0 N–H and O–H groups in total. The monoisotopic (exact) mass is 209 g/mol. The molecule has 1 aromatic rings. The van der Waals surface area contributed by atoms with Crippen LogP contribution in [0.4, 0.5) is 0 Å². The van der Waals surface area contributed by atoms with Gasteiger partial charge in [0.15, 0.2) is 0 Å². The van der Waals surface area contributed by atoms with Crippen molar-refractivity contribution in [2.45, 2.75) is 25.8 Å². The van der Waals surface area contributed by atoms with E-state index in [1.54, 1.807) is 0 Å². The molecule has 1 heterocycles. The molecule has 0 aromatic heterocycles. The molecule has 0 unspecified atom stereocenters. The number of hydrogen-bond donors (Lipinski definition) is 0. The fourth-order valence-corrected chi connectivity index (χ4v) is 2.01. The Morgan fingerprint density at radius 1 is 1.21 bits per heavy atom. The van der Waals surface area contributed by atoms with Gasteiger partial charge in [-0.05, 0) is 31.5 Å². The fourth-order valence-electron chi connectivity index (χ4n) is 1.88. The summed E-state index contributed by atoms with van der Waals surface area (Å²) in [6.45, 7) is 6.88. The van der Waals surface area contributed by atoms with E-state index >= 15 is 0 Å². The van der Waals surface area contributed by atoms with Gasteiger partial charge in [-0.1, -0.05) is 23.7 Å². The third kappa shape index (κ3) is 1.94. The van der Waals surface area contributed by atoms with Gasteiger partial charge < -0.3 is 0 Å². The first-order chi connectivity index (χ1) is 6.66. The topological polar surface area (TPSA) is 3.24 Å². The predicted octanol–water partition coefficient (Wildman–Crippen LogP) is 3.15. The van der Waals surface area contributed by atoms with E-state index in [1.807, 2.05) is 12.1 Å². The van der Waals surface area contributed by atoms with Crippen molar-refractivity contribution in [3.05, 3.63) is 34.9 Å². The van der Waals surface area contributed by atoms with E-state index in [9.17, 15) is 0 Å². The summed E-state index contributed by atoms with van der Waals surface area (Å²) in [4.78, 5) is 2.49. The molecule has 0 spiro atoms. The molecular formula is C12H16ClN. The van der Waals surface area contributed by atoms with Gasteiger partial charge in [-0.2, -0.15) is 0 Å². The summed E-state index contributed by atoms with van der Waals surface area (Å²) in [5.41, 5.74) is 1.42. The van der Waals surface area contributed by atoms with Crippen LogP contribution < -0.4 is 0 Å². The Morgan fingerprint density at radius 3 is 2.29 bits per heavy atom. The number of halogens is 1. The molecule has 1 aliphatic rings. The van der Waals surface area contributed by atoms with Crippen molar-refractivity contribution in [2.24, 2.45) is 0 Å². The van der Waals surface area contributed by atoms with E-state index < -0.39 is 0 Å². The lowest BCUT2D eigenvalue weighted by molar-refractivity contribution is 0.110. The van der Waals surface area contributed by atoms with E-state index in [1.165, 1.54) is 18.7 Å². The van der Waals surface area contributed by atoms with Crippen LogP contribution in [0.1, 0.15) is 25.3 Å². The smallest absolute Gasteiger partial charge is 0.0406 e. The van der Waals surface area contributed by atoms with Crippen molar-refractivity contribution >= 4 is 11.6 Å². The number of benzene rings is 1. The highest BCUT2D eigenvalue weighted by Gasteiger charge is 2.29. The molecule has 0 amide bonds. The Kier molecular flexibility index (Phi) is 2.80. The molecule has 1 fully saturated rings. The quantitative estimate of drug-likeness (QED) is 0.724. The van der Waals surface area contributed by atoms with Gasteiger partial charge in [0, 0.05) is 30.1 Å². The molecule has 1 aliphatic heterocycles. The molecule has 2 heteroatoms. The molecule has 0 atom stereocenters. The second-order valence-corrected chi connectivity index (χ2v) is 4.73. The van der Waals surface area contributed by atoms with Crippen LogP contribution in [0, 0.1) is 0 Å². The van der Waals surface area contributed by atoms with Crippen molar-refractivity contribution in [1.82, 2.24) is 4.90 Å². The molecule has 1 aromatic carbocycles. The maximum atomic E-state index is 5.85. The number of rotatable bonds is 2. The van der Waals surface area contributed by atoms with Gasteiger partial charge in [0.1, 0.15) is 0 Å². The standard InChI is InChI=1S/C12H16ClN/c1-9(2)14-7-11(8-14)10-3-5-12(13)6-4-10/h3-6,9,11H,7-8H2,1-2H3. The minimum absolute atomic E-state index is 0.679. The third-order valence-corrected chi connectivity index (χ3v) is 3.23. The molecule has 14 heavy (non-hydrogen) atoms. The molecule has 0 bridgehead atoms. The van der Waals surface area contributed by atoms with Crippen LogP contribution in [0.3, 0.4) is 0 Å². The first-order valence-corrected chi connectivity index (χ1v) is 5.54. The van der Waals surface area contributed by atoms with Gasteiger partial charge in [-0.25, -0.2) is 0 Å². The summed E-state index contributed by atoms with van der Waals surface area (Å²) in [7, 11) is 0. The minimum atomic E-state index is 0.679. The zero-order valence-electron chi connectivity index (χ0n) is 8.70. The number of nitrogens with zero attached hydrogens (tertiary/aromatic N) is 1. The third-order valence-electron chi connectivity index (χ3n) is 2.98. The van der Waals surface area contributed by atoms with Crippen LogP contribution >= 0.6 is 11.6 Å². The summed E-state index contributed by atoms with van der Waals surface area (Å²) in [5, 5.41) is 0.828. The second kappa shape index (κ2) is 3.92. The van der Waals surface area contributed by atoms with Gasteiger partial charge in [0.2, 0.25) is 0 Å². The zero-order valence-corrected chi connectivity index (χ0v) is 9.46. The Balaban J connectivity index is 1.96. The van der Waals surface area contributed by atoms with Gasteiger partial charge in [-0.3, -0.25) is 4.90 Å². The van der Waals surface area contributed by atoms with Crippen LogP contribution in [-0.2, 0) is 0 Å². The molecule has 0 radical (unpaired) electrons. The summed E-state index contributed by atoms with van der Waals surface area (Å²) in [5.74, 6) is 0.717. The second-order valence-electron chi connectivity index (χ2n) is 4.30. The van der Waals surface area contributed by atoms with Crippen molar-refractivity contribution in [2.75, 3.05) is 13.1 Å². The molecule has 1 nitrogen and oxygen atoms in total. The highest BCUT2D eigenvalue weighted by Crippen LogP contribution is 2.28. The summed E-state index contributed by atoms with van der Waals surface area (Å²) in [6, 6.07) is 8.93. The maximum absolute atomic E-state index is 5.85. The van der Waals surface area contributed by atoms with Crippen LogP contribution in [0.5, 0.6) is 0 Å². The first kappa shape index (κ1) is 10.0. The lowest BCUT2D eigenvalue weighted by atomic mass is 9.90. The Morgan fingerprint density at radius 2 is 1.79 bits per heavy atom. The zero-order chi connectivity index (χ0) is 10.1. The van der Waals surface area contributed by atoms with Crippen LogP contribution in [0.25, 0.3) is 0 Å². The van der Waals surface area contributed by atoms with Crippen molar-refractivity contribution in [3.8, 4) is 0 Å². The highest BCUT2D eigenvalue weighted by atomic mass is 35.5. The molecule has 1 saturated heterocycles. The highest BCUT2D eigenvalue weighted by molar-refractivity contribution is 6.30. The Hall–Kier alpha value is -0.530. The van der Waals surface area contributed by atoms with Crippen molar-refractivity contribution in [3.63, 3.8) is 0 Å². The van der Waals surface area contributed by atoms with Crippen molar-refractivity contribution in [1.29, 1.82) is 0 Å². The van der Waals surface area contributed by atoms with Gasteiger partial charge in [0.25, 0.3) is 0 Å². The van der Waals surface area contributed by atoms with Crippen LogP contribution in [-0.4, -0.2) is 24.0 Å². The molecule has 76 valence electrons.